The fraction of sp³-hybridized carbons (Fsp3) is 0.188. The highest BCUT2D eigenvalue weighted by Gasteiger charge is 2.05. The molecule has 0 fully saturated rings. The molecule has 0 heterocycles. The number of ether oxygens (including phenoxy) is 3. The lowest BCUT2D eigenvalue weighted by Gasteiger charge is -2.10. The van der Waals surface area contributed by atoms with E-state index in [1.165, 1.54) is 0 Å². The number of methoxy groups -OCH3 is 1. The summed E-state index contributed by atoms with van der Waals surface area (Å²) in [6.45, 7) is 0.774. The van der Waals surface area contributed by atoms with E-state index in [1.54, 1.807) is 25.3 Å². The number of hydrogen-bond donors (Lipinski definition) is 0. The Morgan fingerprint density at radius 1 is 0.950 bits per heavy atom. The van der Waals surface area contributed by atoms with Gasteiger partial charge < -0.3 is 14.2 Å². The van der Waals surface area contributed by atoms with Crippen LogP contribution in [0.3, 0.4) is 0 Å². The van der Waals surface area contributed by atoms with E-state index >= 15 is 0 Å². The Labute approximate surface area is 117 Å². The third-order valence-corrected chi connectivity index (χ3v) is 2.70. The number of rotatable bonds is 7. The van der Waals surface area contributed by atoms with Crippen molar-refractivity contribution in [3.05, 3.63) is 54.1 Å². The van der Waals surface area contributed by atoms with E-state index in [9.17, 15) is 4.79 Å². The summed E-state index contributed by atoms with van der Waals surface area (Å²) in [7, 11) is 1.55. The van der Waals surface area contributed by atoms with Crippen LogP contribution >= 0.6 is 0 Å². The molecule has 0 unspecified atom stereocenters. The molecule has 104 valence electrons. The highest BCUT2D eigenvalue weighted by Crippen LogP contribution is 2.22. The molecule has 4 heteroatoms. The van der Waals surface area contributed by atoms with Gasteiger partial charge in [-0.15, -0.1) is 0 Å². The van der Waals surface area contributed by atoms with Crippen LogP contribution in [0, 0.1) is 0 Å². The highest BCUT2D eigenvalue weighted by atomic mass is 16.5. The number of carbonyl (C=O) groups is 1. The molecule has 2 aromatic rings. The highest BCUT2D eigenvalue weighted by molar-refractivity contribution is 5.80. The molecule has 0 amide bonds. The lowest BCUT2D eigenvalue weighted by molar-refractivity contribution is 0.111. The number of carbonyl (C=O) groups excluding carboxylic acids is 1. The minimum atomic E-state index is 0.363. The Balaban J connectivity index is 1.86. The Morgan fingerprint density at radius 3 is 2.40 bits per heavy atom. The fourth-order valence-corrected chi connectivity index (χ4v) is 1.70. The quantitative estimate of drug-likeness (QED) is 0.574. The zero-order chi connectivity index (χ0) is 14.2. The normalized spacial score (nSPS) is 9.85. The van der Waals surface area contributed by atoms with Crippen molar-refractivity contribution in [2.75, 3.05) is 20.3 Å². The summed E-state index contributed by atoms with van der Waals surface area (Å²) in [5.41, 5.74) is 0.462. The van der Waals surface area contributed by atoms with E-state index in [4.69, 9.17) is 14.2 Å². The first-order chi connectivity index (χ1) is 9.83. The van der Waals surface area contributed by atoms with Gasteiger partial charge in [-0.2, -0.15) is 0 Å². The molecule has 0 bridgehead atoms. The zero-order valence-corrected chi connectivity index (χ0v) is 11.2. The first kappa shape index (κ1) is 13.9. The summed E-state index contributed by atoms with van der Waals surface area (Å²) in [6, 6.07) is 14.6. The van der Waals surface area contributed by atoms with Gasteiger partial charge in [-0.05, 0) is 30.3 Å². The van der Waals surface area contributed by atoms with Crippen LogP contribution in [-0.4, -0.2) is 26.6 Å². The molecule has 2 rings (SSSR count). The SMILES string of the molecule is COc1ccc(OCCOc2ccccc2)c(C=O)c1. The second-order valence-corrected chi connectivity index (χ2v) is 4.03. The van der Waals surface area contributed by atoms with Gasteiger partial charge in [0.1, 0.15) is 30.5 Å². The van der Waals surface area contributed by atoms with E-state index in [-0.39, 0.29) is 0 Å². The topological polar surface area (TPSA) is 44.8 Å². The summed E-state index contributed by atoms with van der Waals surface area (Å²) in [5.74, 6) is 1.94. The number of hydrogen-bond acceptors (Lipinski definition) is 4. The van der Waals surface area contributed by atoms with Gasteiger partial charge in [-0.3, -0.25) is 4.79 Å². The second kappa shape index (κ2) is 7.19. The fourth-order valence-electron chi connectivity index (χ4n) is 1.70. The summed E-state index contributed by atoms with van der Waals surface area (Å²) < 4.78 is 16.1. The Bertz CT molecular complexity index is 552. The van der Waals surface area contributed by atoms with Gasteiger partial charge in [0.2, 0.25) is 0 Å². The van der Waals surface area contributed by atoms with E-state index < -0.39 is 0 Å². The number of aldehydes is 1. The number of para-hydroxylation sites is 1. The van der Waals surface area contributed by atoms with E-state index in [1.807, 2.05) is 30.3 Å². The molecule has 0 aromatic heterocycles. The van der Waals surface area contributed by atoms with Crippen LogP contribution in [0.15, 0.2) is 48.5 Å². The second-order valence-electron chi connectivity index (χ2n) is 4.03. The zero-order valence-electron chi connectivity index (χ0n) is 11.2. The maximum atomic E-state index is 11.0. The minimum Gasteiger partial charge on any atom is -0.497 e. The average molecular weight is 272 g/mol. The van der Waals surface area contributed by atoms with Gasteiger partial charge in [0.05, 0.1) is 12.7 Å². The van der Waals surface area contributed by atoms with Crippen LogP contribution in [0.1, 0.15) is 10.4 Å². The molecule has 0 radical (unpaired) electrons. The van der Waals surface area contributed by atoms with Crippen molar-refractivity contribution in [2.45, 2.75) is 0 Å². The maximum absolute atomic E-state index is 11.0. The molecule has 20 heavy (non-hydrogen) atoms. The molecular formula is C16H16O4. The van der Waals surface area contributed by atoms with Crippen molar-refractivity contribution in [1.29, 1.82) is 0 Å². The van der Waals surface area contributed by atoms with Gasteiger partial charge >= 0.3 is 0 Å². The van der Waals surface area contributed by atoms with Crippen LogP contribution in [0.4, 0.5) is 0 Å². The van der Waals surface area contributed by atoms with Crippen LogP contribution < -0.4 is 14.2 Å². The Morgan fingerprint density at radius 2 is 1.70 bits per heavy atom. The largest absolute Gasteiger partial charge is 0.497 e. The first-order valence-electron chi connectivity index (χ1n) is 6.27. The van der Waals surface area contributed by atoms with Gasteiger partial charge in [0, 0.05) is 0 Å². The molecule has 4 nitrogen and oxygen atoms in total. The first-order valence-corrected chi connectivity index (χ1v) is 6.27. The summed E-state index contributed by atoms with van der Waals surface area (Å²) >= 11 is 0. The van der Waals surface area contributed by atoms with Crippen LogP contribution in [0.2, 0.25) is 0 Å². The van der Waals surface area contributed by atoms with Crippen molar-refractivity contribution in [1.82, 2.24) is 0 Å². The van der Waals surface area contributed by atoms with Crippen LogP contribution in [0.5, 0.6) is 17.2 Å². The Kier molecular flexibility index (Phi) is 5.00. The lowest BCUT2D eigenvalue weighted by Crippen LogP contribution is -2.09. The van der Waals surface area contributed by atoms with Crippen molar-refractivity contribution in [2.24, 2.45) is 0 Å². The molecule has 0 spiro atoms. The molecule has 0 aliphatic carbocycles. The number of benzene rings is 2. The van der Waals surface area contributed by atoms with Crippen molar-refractivity contribution in [3.8, 4) is 17.2 Å². The van der Waals surface area contributed by atoms with Gasteiger partial charge in [0.15, 0.2) is 6.29 Å². The molecule has 2 aromatic carbocycles. The molecule has 0 N–H and O–H groups in total. The predicted octanol–water partition coefficient (Wildman–Crippen LogP) is 2.97. The van der Waals surface area contributed by atoms with Crippen molar-refractivity contribution >= 4 is 6.29 Å². The molecule has 0 saturated carbocycles. The van der Waals surface area contributed by atoms with Crippen molar-refractivity contribution < 1.29 is 19.0 Å². The van der Waals surface area contributed by atoms with Crippen LogP contribution in [-0.2, 0) is 0 Å². The third-order valence-electron chi connectivity index (χ3n) is 2.70. The van der Waals surface area contributed by atoms with Crippen molar-refractivity contribution in [3.63, 3.8) is 0 Å². The standard InChI is InChI=1S/C16H16O4/c1-18-15-7-8-16(13(11-15)12-17)20-10-9-19-14-5-3-2-4-6-14/h2-8,11-12H,9-10H2,1H3. The monoisotopic (exact) mass is 272 g/mol. The van der Waals surface area contributed by atoms with E-state index in [0.717, 1.165) is 12.0 Å². The van der Waals surface area contributed by atoms with Crippen LogP contribution in [0.25, 0.3) is 0 Å². The molecule has 0 aliphatic rings. The maximum Gasteiger partial charge on any atom is 0.153 e. The molecular weight excluding hydrogens is 256 g/mol. The molecule has 0 saturated heterocycles. The summed E-state index contributed by atoms with van der Waals surface area (Å²) in [4.78, 5) is 11.0. The summed E-state index contributed by atoms with van der Waals surface area (Å²) in [6.07, 6.45) is 0.746. The smallest absolute Gasteiger partial charge is 0.153 e. The minimum absolute atomic E-state index is 0.363. The molecule has 0 aliphatic heterocycles. The van der Waals surface area contributed by atoms with Gasteiger partial charge in [-0.25, -0.2) is 0 Å². The van der Waals surface area contributed by atoms with E-state index in [0.29, 0.717) is 30.3 Å². The van der Waals surface area contributed by atoms with Gasteiger partial charge in [-0.1, -0.05) is 18.2 Å². The third kappa shape index (κ3) is 3.75. The van der Waals surface area contributed by atoms with Gasteiger partial charge in [0.25, 0.3) is 0 Å². The average Bonchev–Trinajstić information content (AvgIpc) is 2.52. The predicted molar refractivity (Wildman–Crippen MR) is 75.8 cm³/mol. The lowest BCUT2D eigenvalue weighted by atomic mass is 10.2. The Hall–Kier alpha value is -2.49. The summed E-state index contributed by atoms with van der Waals surface area (Å²) in [5, 5.41) is 0. The molecule has 0 atom stereocenters. The van der Waals surface area contributed by atoms with E-state index in [2.05, 4.69) is 0 Å².